The Morgan fingerprint density at radius 3 is 2.66 bits per heavy atom. The Morgan fingerprint density at radius 1 is 1.09 bits per heavy atom. The molecule has 2 N–H and O–H groups in total. The lowest BCUT2D eigenvalue weighted by Gasteiger charge is -2.38. The average molecular weight is 429 g/mol. The largest absolute Gasteiger partial charge is 0.382 e. The third-order valence-electron chi connectivity index (χ3n) is 6.48. The topological polar surface area (TPSA) is 106 Å². The second-order valence-corrected chi connectivity index (χ2v) is 9.05. The first-order valence-corrected chi connectivity index (χ1v) is 10.7. The fourth-order valence-electron chi connectivity index (χ4n) is 4.91. The quantitative estimate of drug-likeness (QED) is 0.505. The SMILES string of the molecule is CC(C)(O)c1ncc(-c2ccc3nc4n(c3n2)C2(CCc3ccccc32)COC4O)cn1. The summed E-state index contributed by atoms with van der Waals surface area (Å²) in [5.41, 5.74) is 3.75. The van der Waals surface area contributed by atoms with E-state index in [2.05, 4.69) is 37.7 Å². The van der Waals surface area contributed by atoms with E-state index in [0.717, 1.165) is 18.4 Å². The van der Waals surface area contributed by atoms with Crippen molar-refractivity contribution in [1.82, 2.24) is 24.5 Å². The Morgan fingerprint density at radius 2 is 1.88 bits per heavy atom. The highest BCUT2D eigenvalue weighted by Gasteiger charge is 2.47. The van der Waals surface area contributed by atoms with Gasteiger partial charge in [0.05, 0.1) is 17.8 Å². The minimum Gasteiger partial charge on any atom is -0.382 e. The molecule has 1 aliphatic carbocycles. The Bertz CT molecular complexity index is 1340. The summed E-state index contributed by atoms with van der Waals surface area (Å²) in [7, 11) is 0. The van der Waals surface area contributed by atoms with Gasteiger partial charge in [0.25, 0.3) is 0 Å². The first-order chi connectivity index (χ1) is 15.4. The molecule has 4 aromatic rings. The van der Waals surface area contributed by atoms with E-state index in [4.69, 9.17) is 9.72 Å². The summed E-state index contributed by atoms with van der Waals surface area (Å²) in [6, 6.07) is 12.1. The highest BCUT2D eigenvalue weighted by atomic mass is 16.6. The van der Waals surface area contributed by atoms with Crippen molar-refractivity contribution in [2.24, 2.45) is 0 Å². The van der Waals surface area contributed by atoms with E-state index in [9.17, 15) is 10.2 Å². The van der Waals surface area contributed by atoms with Crippen LogP contribution in [0.3, 0.4) is 0 Å². The van der Waals surface area contributed by atoms with Crippen molar-refractivity contribution in [1.29, 1.82) is 0 Å². The van der Waals surface area contributed by atoms with Crippen LogP contribution in [-0.4, -0.2) is 41.3 Å². The van der Waals surface area contributed by atoms with Crippen LogP contribution in [0.5, 0.6) is 0 Å². The van der Waals surface area contributed by atoms with Crippen molar-refractivity contribution < 1.29 is 14.9 Å². The first kappa shape index (κ1) is 19.5. The number of pyridine rings is 1. The molecule has 2 aliphatic rings. The molecule has 2 unspecified atom stereocenters. The van der Waals surface area contributed by atoms with E-state index in [-0.39, 0.29) is 0 Å². The normalized spacial score (nSPS) is 22.3. The van der Waals surface area contributed by atoms with Gasteiger partial charge < -0.3 is 14.9 Å². The molecule has 3 aromatic heterocycles. The molecule has 162 valence electrons. The van der Waals surface area contributed by atoms with Crippen LogP contribution in [0.4, 0.5) is 0 Å². The lowest BCUT2D eigenvalue weighted by atomic mass is 9.91. The monoisotopic (exact) mass is 429 g/mol. The summed E-state index contributed by atoms with van der Waals surface area (Å²) in [5.74, 6) is 0.826. The minimum atomic E-state index is -1.11. The molecule has 0 radical (unpaired) electrons. The van der Waals surface area contributed by atoms with Crippen molar-refractivity contribution in [3.8, 4) is 11.3 Å². The van der Waals surface area contributed by atoms with Gasteiger partial charge in [-0.1, -0.05) is 24.3 Å². The molecule has 0 bridgehead atoms. The number of benzene rings is 1. The number of imidazole rings is 1. The van der Waals surface area contributed by atoms with Gasteiger partial charge in [-0.15, -0.1) is 0 Å². The van der Waals surface area contributed by atoms with Gasteiger partial charge >= 0.3 is 0 Å². The van der Waals surface area contributed by atoms with Crippen LogP contribution in [0.25, 0.3) is 22.4 Å². The van der Waals surface area contributed by atoms with Crippen LogP contribution in [0.2, 0.25) is 0 Å². The van der Waals surface area contributed by atoms with Gasteiger partial charge in [0, 0.05) is 18.0 Å². The van der Waals surface area contributed by atoms with E-state index in [1.165, 1.54) is 11.1 Å². The zero-order valence-electron chi connectivity index (χ0n) is 17.9. The molecule has 0 saturated carbocycles. The van der Waals surface area contributed by atoms with Crippen LogP contribution in [0.1, 0.15) is 49.3 Å². The predicted molar refractivity (Wildman–Crippen MR) is 117 cm³/mol. The molecule has 32 heavy (non-hydrogen) atoms. The molecule has 8 heteroatoms. The molecule has 0 saturated heterocycles. The van der Waals surface area contributed by atoms with E-state index in [1.54, 1.807) is 26.2 Å². The van der Waals surface area contributed by atoms with Crippen molar-refractivity contribution in [3.63, 3.8) is 0 Å². The number of fused-ring (bicyclic) bond motifs is 6. The minimum absolute atomic E-state index is 0.353. The zero-order chi connectivity index (χ0) is 22.1. The summed E-state index contributed by atoms with van der Waals surface area (Å²) in [4.78, 5) is 18.2. The molecule has 0 amide bonds. The fraction of sp³-hybridized carbons (Fsp3) is 0.333. The van der Waals surface area contributed by atoms with Crippen molar-refractivity contribution in [2.75, 3.05) is 6.61 Å². The van der Waals surface area contributed by atoms with E-state index < -0.39 is 17.4 Å². The zero-order valence-corrected chi connectivity index (χ0v) is 17.9. The highest BCUT2D eigenvalue weighted by molar-refractivity contribution is 5.77. The maximum absolute atomic E-state index is 10.6. The Kier molecular flexibility index (Phi) is 4.05. The summed E-state index contributed by atoms with van der Waals surface area (Å²) >= 11 is 0. The number of aryl methyl sites for hydroxylation is 1. The van der Waals surface area contributed by atoms with E-state index in [1.807, 2.05) is 18.2 Å². The number of hydrogen-bond acceptors (Lipinski definition) is 7. The Balaban J connectivity index is 1.54. The number of aliphatic hydroxyl groups is 2. The van der Waals surface area contributed by atoms with Crippen LogP contribution >= 0.6 is 0 Å². The molecule has 1 aromatic carbocycles. The summed E-state index contributed by atoms with van der Waals surface area (Å²) in [6.07, 6.45) is 4.02. The van der Waals surface area contributed by atoms with Gasteiger partial charge in [-0.3, -0.25) is 4.57 Å². The molecule has 1 aliphatic heterocycles. The number of aromatic nitrogens is 5. The number of ether oxygens (including phenoxy) is 1. The van der Waals surface area contributed by atoms with Crippen molar-refractivity contribution in [3.05, 3.63) is 71.6 Å². The first-order valence-electron chi connectivity index (χ1n) is 10.7. The van der Waals surface area contributed by atoms with Crippen molar-refractivity contribution >= 4 is 11.2 Å². The summed E-state index contributed by atoms with van der Waals surface area (Å²) in [6.45, 7) is 3.66. The lowest BCUT2D eigenvalue weighted by molar-refractivity contribution is -0.149. The Labute approximate surface area is 184 Å². The van der Waals surface area contributed by atoms with Gasteiger partial charge in [-0.2, -0.15) is 0 Å². The molecule has 2 atom stereocenters. The Hall–Kier alpha value is -3.20. The molecule has 1 spiro atoms. The van der Waals surface area contributed by atoms with Gasteiger partial charge in [0.1, 0.15) is 11.1 Å². The van der Waals surface area contributed by atoms with Gasteiger partial charge in [-0.25, -0.2) is 19.9 Å². The summed E-state index contributed by atoms with van der Waals surface area (Å²) < 4.78 is 7.86. The molecule has 0 fully saturated rings. The fourth-order valence-corrected chi connectivity index (χ4v) is 4.91. The third kappa shape index (κ3) is 2.73. The van der Waals surface area contributed by atoms with Gasteiger partial charge in [-0.05, 0) is 49.9 Å². The maximum atomic E-state index is 10.6. The number of nitrogens with zero attached hydrogens (tertiary/aromatic N) is 5. The standard InChI is InChI=1S/C24H23N5O3/c1-23(2,31)22-25-11-15(12-26-22)17-7-8-18-19(27-17)29-20(28-18)21(30)32-13-24(29)10-9-14-5-3-4-6-16(14)24/h3-8,11-12,21,30-31H,9-10,13H2,1-2H3. The molecular weight excluding hydrogens is 406 g/mol. The second-order valence-electron chi connectivity index (χ2n) is 9.05. The number of rotatable bonds is 2. The van der Waals surface area contributed by atoms with Crippen LogP contribution in [0, 0.1) is 0 Å². The van der Waals surface area contributed by atoms with Gasteiger partial charge in [0.2, 0.25) is 6.29 Å². The smallest absolute Gasteiger partial charge is 0.215 e. The molecule has 4 heterocycles. The maximum Gasteiger partial charge on any atom is 0.215 e. The highest BCUT2D eigenvalue weighted by Crippen LogP contribution is 2.46. The van der Waals surface area contributed by atoms with Crippen LogP contribution in [-0.2, 0) is 22.3 Å². The molecular formula is C24H23N5O3. The van der Waals surface area contributed by atoms with Gasteiger partial charge in [0.15, 0.2) is 17.3 Å². The number of aliphatic hydroxyl groups excluding tert-OH is 1. The van der Waals surface area contributed by atoms with Crippen LogP contribution in [0.15, 0.2) is 48.8 Å². The molecule has 6 rings (SSSR count). The lowest BCUT2D eigenvalue weighted by Crippen LogP contribution is -2.43. The second kappa shape index (κ2) is 6.65. The third-order valence-corrected chi connectivity index (χ3v) is 6.48. The average Bonchev–Trinajstić information content (AvgIpc) is 3.36. The molecule has 8 nitrogen and oxygen atoms in total. The number of hydrogen-bond donors (Lipinski definition) is 2. The van der Waals surface area contributed by atoms with Crippen LogP contribution < -0.4 is 0 Å². The van der Waals surface area contributed by atoms with E-state index >= 15 is 0 Å². The van der Waals surface area contributed by atoms with Crippen molar-refractivity contribution in [2.45, 2.75) is 44.1 Å². The predicted octanol–water partition coefficient (Wildman–Crippen LogP) is 2.83. The summed E-state index contributed by atoms with van der Waals surface area (Å²) in [5, 5.41) is 20.7. The van der Waals surface area contributed by atoms with E-state index in [0.29, 0.717) is 35.1 Å².